The van der Waals surface area contributed by atoms with Crippen molar-refractivity contribution in [3.8, 4) is 0 Å². The Morgan fingerprint density at radius 2 is 2.00 bits per heavy atom. The Kier molecular flexibility index (Phi) is 5.18. The summed E-state index contributed by atoms with van der Waals surface area (Å²) in [5.41, 5.74) is 0. The van der Waals surface area contributed by atoms with E-state index in [2.05, 4.69) is 18.8 Å². The van der Waals surface area contributed by atoms with Crippen LogP contribution in [0.4, 0.5) is 0 Å². The minimum absolute atomic E-state index is 0.102. The number of likely N-dealkylation sites (N-methyl/N-ethyl adjacent to an activating group) is 1. The molecule has 0 aromatic carbocycles. The van der Waals surface area contributed by atoms with Crippen molar-refractivity contribution in [3.63, 3.8) is 0 Å². The van der Waals surface area contributed by atoms with Crippen molar-refractivity contribution in [1.29, 1.82) is 0 Å². The highest BCUT2D eigenvalue weighted by Crippen LogP contribution is 2.21. The van der Waals surface area contributed by atoms with Gasteiger partial charge < -0.3 is 4.90 Å². The van der Waals surface area contributed by atoms with Gasteiger partial charge in [0.15, 0.2) is 0 Å². The molecule has 1 fully saturated rings. The standard InChI is InChI=1S/C15H23N3O3S/c1-12-7-13(2)10-18(9-12)15(19)11-17(3)22(20,21)14-5-4-6-16-8-14/h4-6,8,12-13H,7,9-11H2,1-3H3/t12-,13-/m1/s1. The molecule has 0 unspecified atom stereocenters. The van der Waals surface area contributed by atoms with E-state index in [0.717, 1.165) is 10.7 Å². The van der Waals surface area contributed by atoms with Gasteiger partial charge in [0.1, 0.15) is 4.90 Å². The average molecular weight is 325 g/mol. The maximum atomic E-state index is 12.4. The van der Waals surface area contributed by atoms with E-state index in [9.17, 15) is 13.2 Å². The molecule has 0 N–H and O–H groups in total. The van der Waals surface area contributed by atoms with Gasteiger partial charge in [-0.05, 0) is 30.4 Å². The molecule has 1 amide bonds. The number of pyridine rings is 1. The first-order chi connectivity index (χ1) is 10.3. The Balaban J connectivity index is 2.05. The van der Waals surface area contributed by atoms with E-state index >= 15 is 0 Å². The van der Waals surface area contributed by atoms with Gasteiger partial charge in [0.05, 0.1) is 6.54 Å². The number of amides is 1. The normalized spacial score (nSPS) is 22.8. The van der Waals surface area contributed by atoms with Gasteiger partial charge in [-0.2, -0.15) is 4.31 Å². The zero-order valence-electron chi connectivity index (χ0n) is 13.3. The summed E-state index contributed by atoms with van der Waals surface area (Å²) in [6.45, 7) is 5.49. The number of carbonyl (C=O) groups excluding carboxylic acids is 1. The summed E-state index contributed by atoms with van der Waals surface area (Å²) in [7, 11) is -2.25. The van der Waals surface area contributed by atoms with Crippen molar-refractivity contribution in [2.24, 2.45) is 11.8 Å². The van der Waals surface area contributed by atoms with Crippen LogP contribution in [0.15, 0.2) is 29.4 Å². The van der Waals surface area contributed by atoms with E-state index < -0.39 is 10.0 Å². The smallest absolute Gasteiger partial charge is 0.244 e. The summed E-state index contributed by atoms with van der Waals surface area (Å²) in [6, 6.07) is 3.05. The molecule has 0 aliphatic carbocycles. The van der Waals surface area contributed by atoms with Crippen molar-refractivity contribution < 1.29 is 13.2 Å². The van der Waals surface area contributed by atoms with Crippen LogP contribution in [-0.4, -0.2) is 55.2 Å². The quantitative estimate of drug-likeness (QED) is 0.834. The van der Waals surface area contributed by atoms with E-state index in [1.165, 1.54) is 25.5 Å². The molecule has 0 radical (unpaired) electrons. The summed E-state index contributed by atoms with van der Waals surface area (Å²) in [5, 5.41) is 0. The number of aromatic nitrogens is 1. The molecule has 1 aliphatic heterocycles. The Labute approximate surface area is 132 Å². The Hall–Kier alpha value is -1.47. The number of nitrogens with zero attached hydrogens (tertiary/aromatic N) is 3. The molecule has 2 heterocycles. The molecule has 1 aromatic heterocycles. The molecule has 1 aromatic rings. The van der Waals surface area contributed by atoms with Crippen LogP contribution in [0.25, 0.3) is 0 Å². The van der Waals surface area contributed by atoms with Crippen molar-refractivity contribution in [1.82, 2.24) is 14.2 Å². The fourth-order valence-electron chi connectivity index (χ4n) is 2.92. The summed E-state index contributed by atoms with van der Waals surface area (Å²) in [5.74, 6) is 0.759. The van der Waals surface area contributed by atoms with Crippen LogP contribution in [0.3, 0.4) is 0 Å². The molecular formula is C15H23N3O3S. The average Bonchev–Trinajstić information content (AvgIpc) is 2.47. The topological polar surface area (TPSA) is 70.6 Å². The molecule has 7 heteroatoms. The Morgan fingerprint density at radius 1 is 1.36 bits per heavy atom. The number of carbonyl (C=O) groups is 1. The third-order valence-corrected chi connectivity index (χ3v) is 5.71. The molecule has 2 atom stereocenters. The van der Waals surface area contributed by atoms with E-state index in [0.29, 0.717) is 24.9 Å². The van der Waals surface area contributed by atoms with Crippen LogP contribution in [0.5, 0.6) is 0 Å². The van der Waals surface area contributed by atoms with Crippen LogP contribution in [0.1, 0.15) is 20.3 Å². The van der Waals surface area contributed by atoms with Gasteiger partial charge in [-0.3, -0.25) is 9.78 Å². The fraction of sp³-hybridized carbons (Fsp3) is 0.600. The second-order valence-corrected chi connectivity index (χ2v) is 8.24. The Bertz CT molecular complexity index is 608. The number of likely N-dealkylation sites (tertiary alicyclic amines) is 1. The lowest BCUT2D eigenvalue weighted by molar-refractivity contribution is -0.133. The predicted octanol–water partition coefficient (Wildman–Crippen LogP) is 1.21. The van der Waals surface area contributed by atoms with Gasteiger partial charge in [0.25, 0.3) is 0 Å². The number of hydrogen-bond acceptors (Lipinski definition) is 4. The summed E-state index contributed by atoms with van der Waals surface area (Å²) in [6.07, 6.45) is 3.91. The maximum Gasteiger partial charge on any atom is 0.244 e. The maximum absolute atomic E-state index is 12.4. The second-order valence-electron chi connectivity index (χ2n) is 6.19. The van der Waals surface area contributed by atoms with Crippen LogP contribution < -0.4 is 0 Å². The fourth-order valence-corrected chi connectivity index (χ4v) is 4.01. The lowest BCUT2D eigenvalue weighted by atomic mass is 9.92. The number of piperidine rings is 1. The zero-order chi connectivity index (χ0) is 16.3. The number of hydrogen-bond donors (Lipinski definition) is 0. The highest BCUT2D eigenvalue weighted by Gasteiger charge is 2.29. The van der Waals surface area contributed by atoms with Gasteiger partial charge >= 0.3 is 0 Å². The minimum atomic E-state index is -3.68. The largest absolute Gasteiger partial charge is 0.341 e. The zero-order valence-corrected chi connectivity index (χ0v) is 14.1. The predicted molar refractivity (Wildman–Crippen MR) is 83.6 cm³/mol. The van der Waals surface area contributed by atoms with Gasteiger partial charge in [-0.25, -0.2) is 8.42 Å². The molecule has 0 spiro atoms. The van der Waals surface area contributed by atoms with Gasteiger partial charge in [0.2, 0.25) is 15.9 Å². The van der Waals surface area contributed by atoms with Crippen molar-refractivity contribution in [2.75, 3.05) is 26.7 Å². The molecule has 122 valence electrons. The van der Waals surface area contributed by atoms with E-state index in [1.54, 1.807) is 11.0 Å². The van der Waals surface area contributed by atoms with Crippen molar-refractivity contribution in [2.45, 2.75) is 25.2 Å². The molecule has 2 rings (SSSR count). The lowest BCUT2D eigenvalue weighted by Gasteiger charge is -2.35. The first kappa shape index (κ1) is 16.9. The van der Waals surface area contributed by atoms with Crippen molar-refractivity contribution >= 4 is 15.9 Å². The molecule has 1 aliphatic rings. The van der Waals surface area contributed by atoms with Crippen LogP contribution in [-0.2, 0) is 14.8 Å². The molecule has 6 nitrogen and oxygen atoms in total. The minimum Gasteiger partial charge on any atom is -0.341 e. The summed E-state index contributed by atoms with van der Waals surface area (Å²) in [4.78, 5) is 18.1. The van der Waals surface area contributed by atoms with Gasteiger partial charge in [-0.1, -0.05) is 13.8 Å². The first-order valence-corrected chi connectivity index (χ1v) is 8.89. The van der Waals surface area contributed by atoms with Crippen molar-refractivity contribution in [3.05, 3.63) is 24.5 Å². The van der Waals surface area contributed by atoms with E-state index in [4.69, 9.17) is 0 Å². The second kappa shape index (κ2) is 6.75. The number of rotatable bonds is 4. The molecular weight excluding hydrogens is 302 g/mol. The lowest BCUT2D eigenvalue weighted by Crippen LogP contribution is -2.47. The first-order valence-electron chi connectivity index (χ1n) is 7.45. The highest BCUT2D eigenvalue weighted by atomic mass is 32.2. The van der Waals surface area contributed by atoms with Gasteiger partial charge in [0, 0.05) is 32.5 Å². The third kappa shape index (κ3) is 3.84. The van der Waals surface area contributed by atoms with Crippen LogP contribution in [0, 0.1) is 11.8 Å². The van der Waals surface area contributed by atoms with E-state index in [1.807, 2.05) is 0 Å². The summed E-state index contributed by atoms with van der Waals surface area (Å²) < 4.78 is 25.9. The van der Waals surface area contributed by atoms with E-state index in [-0.39, 0.29) is 17.3 Å². The van der Waals surface area contributed by atoms with Gasteiger partial charge in [-0.15, -0.1) is 0 Å². The molecule has 22 heavy (non-hydrogen) atoms. The SMILES string of the molecule is C[C@@H]1C[C@@H](C)CN(C(=O)CN(C)S(=O)(=O)c2cccnc2)C1. The number of sulfonamides is 1. The molecule has 1 saturated heterocycles. The monoisotopic (exact) mass is 325 g/mol. The summed E-state index contributed by atoms with van der Waals surface area (Å²) >= 11 is 0. The molecule has 0 bridgehead atoms. The Morgan fingerprint density at radius 3 is 2.55 bits per heavy atom. The van der Waals surface area contributed by atoms with Crippen LogP contribution in [0.2, 0.25) is 0 Å². The third-order valence-electron chi connectivity index (χ3n) is 3.92. The highest BCUT2D eigenvalue weighted by molar-refractivity contribution is 7.89. The molecule has 0 saturated carbocycles. The van der Waals surface area contributed by atoms with Crippen LogP contribution >= 0.6 is 0 Å².